The number of nitrogens with one attached hydrogen (secondary N) is 2. The number of hydrogen-bond acceptors (Lipinski definition) is 3. The van der Waals surface area contributed by atoms with E-state index in [9.17, 15) is 4.79 Å². The Hall–Kier alpha value is -2.30. The molecule has 1 saturated heterocycles. The van der Waals surface area contributed by atoms with Gasteiger partial charge in [-0.05, 0) is 43.0 Å². The Morgan fingerprint density at radius 1 is 1.29 bits per heavy atom. The third-order valence-corrected chi connectivity index (χ3v) is 4.02. The third-order valence-electron chi connectivity index (χ3n) is 4.02. The average Bonchev–Trinajstić information content (AvgIpc) is 3.03. The van der Waals surface area contributed by atoms with Crippen LogP contribution in [0.3, 0.4) is 0 Å². The quantitative estimate of drug-likeness (QED) is 0.911. The van der Waals surface area contributed by atoms with Gasteiger partial charge in [0, 0.05) is 24.5 Å². The summed E-state index contributed by atoms with van der Waals surface area (Å²) in [7, 11) is 0. The van der Waals surface area contributed by atoms with E-state index in [-0.39, 0.29) is 5.91 Å². The summed E-state index contributed by atoms with van der Waals surface area (Å²) >= 11 is 0. The molecule has 0 bridgehead atoms. The zero-order valence-corrected chi connectivity index (χ0v) is 12.2. The van der Waals surface area contributed by atoms with Gasteiger partial charge in [-0.3, -0.25) is 4.79 Å². The monoisotopic (exact) mass is 284 g/mol. The molecule has 21 heavy (non-hydrogen) atoms. The minimum atomic E-state index is -0.174. The molecule has 1 aromatic heterocycles. The fourth-order valence-corrected chi connectivity index (χ4v) is 2.60. The van der Waals surface area contributed by atoms with Crippen molar-refractivity contribution in [2.24, 2.45) is 5.92 Å². The number of carbonyl (C=O) groups is 1. The van der Waals surface area contributed by atoms with Crippen LogP contribution in [-0.2, 0) is 0 Å². The minimum Gasteiger partial charge on any atom is -0.372 e. The number of anilines is 2. The van der Waals surface area contributed by atoms with E-state index in [2.05, 4.69) is 39.2 Å². The molecule has 1 aromatic carbocycles. The molecule has 3 rings (SSSR count). The van der Waals surface area contributed by atoms with Gasteiger partial charge in [-0.15, -0.1) is 0 Å². The van der Waals surface area contributed by atoms with Gasteiger partial charge in [0.25, 0.3) is 5.91 Å². The molecule has 0 spiro atoms. The van der Waals surface area contributed by atoms with Crippen molar-refractivity contribution in [3.8, 4) is 0 Å². The fraction of sp³-hybridized carbons (Fsp3) is 0.375. The Labute approximate surface area is 124 Å². The lowest BCUT2D eigenvalue weighted by Gasteiger charge is -2.32. The molecule has 5 heteroatoms. The number of H-pyrrole nitrogens is 1. The van der Waals surface area contributed by atoms with Crippen LogP contribution < -0.4 is 10.2 Å². The van der Waals surface area contributed by atoms with Crippen LogP contribution in [0.25, 0.3) is 0 Å². The number of aromatic amines is 1. The highest BCUT2D eigenvalue weighted by Gasteiger charge is 2.16. The maximum Gasteiger partial charge on any atom is 0.273 e. The molecule has 1 fully saturated rings. The van der Waals surface area contributed by atoms with Gasteiger partial charge in [0.1, 0.15) is 5.69 Å². The Kier molecular flexibility index (Phi) is 3.90. The summed E-state index contributed by atoms with van der Waals surface area (Å²) < 4.78 is 0. The highest BCUT2D eigenvalue weighted by Crippen LogP contribution is 2.24. The van der Waals surface area contributed by atoms with Gasteiger partial charge in [-0.1, -0.05) is 6.92 Å². The number of imidazole rings is 1. The van der Waals surface area contributed by atoms with E-state index in [1.807, 2.05) is 12.1 Å². The Morgan fingerprint density at radius 2 is 2.00 bits per heavy atom. The molecule has 2 heterocycles. The second-order valence-electron chi connectivity index (χ2n) is 5.64. The van der Waals surface area contributed by atoms with Gasteiger partial charge < -0.3 is 15.2 Å². The second-order valence-corrected chi connectivity index (χ2v) is 5.64. The van der Waals surface area contributed by atoms with Gasteiger partial charge in [-0.2, -0.15) is 0 Å². The lowest BCUT2D eigenvalue weighted by atomic mass is 9.99. The summed E-state index contributed by atoms with van der Waals surface area (Å²) in [6.07, 6.45) is 5.50. The predicted molar refractivity (Wildman–Crippen MR) is 83.6 cm³/mol. The average molecular weight is 284 g/mol. The van der Waals surface area contributed by atoms with Crippen molar-refractivity contribution in [2.75, 3.05) is 23.3 Å². The number of piperidine rings is 1. The third kappa shape index (κ3) is 3.24. The highest BCUT2D eigenvalue weighted by atomic mass is 16.1. The Balaban J connectivity index is 1.63. The van der Waals surface area contributed by atoms with E-state index in [0.717, 1.165) is 24.7 Å². The summed E-state index contributed by atoms with van der Waals surface area (Å²) in [6, 6.07) is 8.03. The van der Waals surface area contributed by atoms with Crippen molar-refractivity contribution < 1.29 is 4.79 Å². The first-order valence-electron chi connectivity index (χ1n) is 7.37. The lowest BCUT2D eigenvalue weighted by Crippen LogP contribution is -2.32. The molecule has 2 aromatic rings. The Morgan fingerprint density at radius 3 is 2.62 bits per heavy atom. The van der Waals surface area contributed by atoms with Crippen molar-refractivity contribution in [3.05, 3.63) is 42.5 Å². The molecule has 0 aliphatic carbocycles. The van der Waals surface area contributed by atoms with Crippen molar-refractivity contribution in [1.29, 1.82) is 0 Å². The van der Waals surface area contributed by atoms with E-state index in [1.165, 1.54) is 31.1 Å². The van der Waals surface area contributed by atoms with Crippen LogP contribution in [0.2, 0.25) is 0 Å². The Bertz CT molecular complexity index is 583. The van der Waals surface area contributed by atoms with Crippen LogP contribution in [0, 0.1) is 5.92 Å². The zero-order valence-electron chi connectivity index (χ0n) is 12.2. The van der Waals surface area contributed by atoms with Gasteiger partial charge in [-0.25, -0.2) is 4.98 Å². The molecule has 5 nitrogen and oxygen atoms in total. The van der Waals surface area contributed by atoms with Gasteiger partial charge in [0.2, 0.25) is 0 Å². The van der Waals surface area contributed by atoms with Crippen LogP contribution in [0.5, 0.6) is 0 Å². The van der Waals surface area contributed by atoms with E-state index in [0.29, 0.717) is 5.69 Å². The summed E-state index contributed by atoms with van der Waals surface area (Å²) in [6.45, 7) is 4.54. The van der Waals surface area contributed by atoms with Crippen LogP contribution in [0.15, 0.2) is 36.8 Å². The number of amides is 1. The van der Waals surface area contributed by atoms with Crippen LogP contribution in [-0.4, -0.2) is 29.0 Å². The molecule has 0 atom stereocenters. The molecule has 110 valence electrons. The van der Waals surface area contributed by atoms with E-state index >= 15 is 0 Å². The van der Waals surface area contributed by atoms with Gasteiger partial charge >= 0.3 is 0 Å². The number of benzene rings is 1. The molecule has 1 aliphatic rings. The maximum absolute atomic E-state index is 11.9. The van der Waals surface area contributed by atoms with Gasteiger partial charge in [0.15, 0.2) is 0 Å². The van der Waals surface area contributed by atoms with Crippen LogP contribution >= 0.6 is 0 Å². The summed E-state index contributed by atoms with van der Waals surface area (Å²) in [5, 5.41) is 2.85. The first-order valence-corrected chi connectivity index (χ1v) is 7.37. The van der Waals surface area contributed by atoms with Crippen LogP contribution in [0.4, 0.5) is 11.4 Å². The number of aromatic nitrogens is 2. The standard InChI is InChI=1S/C16H20N4O/c1-12-6-8-20(9-7-12)14-4-2-13(3-5-14)19-16(21)15-10-17-11-18-15/h2-5,10-12H,6-9H2,1H3,(H,17,18)(H,19,21). The second kappa shape index (κ2) is 5.99. The molecule has 0 radical (unpaired) electrons. The normalized spacial score (nSPS) is 16.0. The topological polar surface area (TPSA) is 61.0 Å². The largest absolute Gasteiger partial charge is 0.372 e. The minimum absolute atomic E-state index is 0.174. The predicted octanol–water partition coefficient (Wildman–Crippen LogP) is 2.90. The first-order chi connectivity index (χ1) is 10.2. The molecular formula is C16H20N4O. The maximum atomic E-state index is 11.9. The summed E-state index contributed by atoms with van der Waals surface area (Å²) in [5.41, 5.74) is 2.48. The molecule has 0 unspecified atom stereocenters. The first kappa shape index (κ1) is 13.7. The zero-order chi connectivity index (χ0) is 14.7. The van der Waals surface area contributed by atoms with Crippen molar-refractivity contribution in [3.63, 3.8) is 0 Å². The lowest BCUT2D eigenvalue weighted by molar-refractivity contribution is 0.102. The number of rotatable bonds is 3. The molecule has 1 aliphatic heterocycles. The van der Waals surface area contributed by atoms with Crippen molar-refractivity contribution in [2.45, 2.75) is 19.8 Å². The number of hydrogen-bond donors (Lipinski definition) is 2. The van der Waals surface area contributed by atoms with E-state index in [1.54, 1.807) is 0 Å². The number of nitrogens with zero attached hydrogens (tertiary/aromatic N) is 2. The highest BCUT2D eigenvalue weighted by molar-refractivity contribution is 6.02. The smallest absolute Gasteiger partial charge is 0.273 e. The molecule has 1 amide bonds. The molecular weight excluding hydrogens is 264 g/mol. The molecule has 2 N–H and O–H groups in total. The number of carbonyl (C=O) groups excluding carboxylic acids is 1. The fourth-order valence-electron chi connectivity index (χ4n) is 2.60. The van der Waals surface area contributed by atoms with Crippen molar-refractivity contribution >= 4 is 17.3 Å². The van der Waals surface area contributed by atoms with E-state index in [4.69, 9.17) is 0 Å². The van der Waals surface area contributed by atoms with Crippen molar-refractivity contribution in [1.82, 2.24) is 9.97 Å². The van der Waals surface area contributed by atoms with E-state index < -0.39 is 0 Å². The summed E-state index contributed by atoms with van der Waals surface area (Å²) in [5.74, 6) is 0.654. The van der Waals surface area contributed by atoms with Crippen LogP contribution in [0.1, 0.15) is 30.3 Å². The van der Waals surface area contributed by atoms with Gasteiger partial charge in [0.05, 0.1) is 12.5 Å². The molecule has 0 saturated carbocycles. The SMILES string of the molecule is CC1CCN(c2ccc(NC(=O)c3cnc[nH]3)cc2)CC1. The summed E-state index contributed by atoms with van der Waals surface area (Å²) in [4.78, 5) is 20.9.